The normalized spacial score (nSPS) is 15.1. The maximum absolute atomic E-state index is 5.97. The first-order valence-electron chi connectivity index (χ1n) is 6.69. The van der Waals surface area contributed by atoms with Crippen LogP contribution in [0.5, 0.6) is 17.2 Å². The molecule has 1 aliphatic rings. The van der Waals surface area contributed by atoms with E-state index in [0.717, 1.165) is 17.7 Å². The van der Waals surface area contributed by atoms with Crippen molar-refractivity contribution in [2.24, 2.45) is 5.73 Å². The van der Waals surface area contributed by atoms with E-state index in [0.29, 0.717) is 17.2 Å². The van der Waals surface area contributed by atoms with Gasteiger partial charge in [0, 0.05) is 12.0 Å². The molecule has 0 atom stereocenters. The molecule has 2 N–H and O–H groups in total. The van der Waals surface area contributed by atoms with Gasteiger partial charge in [0.25, 0.3) is 0 Å². The van der Waals surface area contributed by atoms with E-state index in [4.69, 9.17) is 27.4 Å². The van der Waals surface area contributed by atoms with Gasteiger partial charge in [-0.25, -0.2) is 4.98 Å². The first-order chi connectivity index (χ1) is 9.94. The Bertz CT molecular complexity index is 696. The van der Waals surface area contributed by atoms with Crippen LogP contribution in [0.15, 0.2) is 36.5 Å². The molecule has 4 nitrogen and oxygen atoms in total. The Morgan fingerprint density at radius 1 is 1.33 bits per heavy atom. The van der Waals surface area contributed by atoms with Crippen LogP contribution in [0.1, 0.15) is 25.1 Å². The summed E-state index contributed by atoms with van der Waals surface area (Å²) in [5.74, 6) is 2.13. The summed E-state index contributed by atoms with van der Waals surface area (Å²) in [6.07, 6.45) is 2.48. The minimum atomic E-state index is -0.199. The number of pyridine rings is 1. The number of ether oxygens (including phenoxy) is 2. The SMILES string of the molecule is CC1(C)Cc2cccc(Oc3ccc(C(N)=S)nc3)c2O1. The van der Waals surface area contributed by atoms with Gasteiger partial charge in [-0.1, -0.05) is 24.4 Å². The fourth-order valence-corrected chi connectivity index (χ4v) is 2.50. The van der Waals surface area contributed by atoms with Crippen molar-refractivity contribution in [2.75, 3.05) is 0 Å². The highest BCUT2D eigenvalue weighted by molar-refractivity contribution is 7.80. The van der Waals surface area contributed by atoms with Crippen LogP contribution < -0.4 is 15.2 Å². The third-order valence-corrected chi connectivity index (χ3v) is 3.48. The smallest absolute Gasteiger partial charge is 0.169 e. The predicted octanol–water partition coefficient (Wildman–Crippen LogP) is 3.22. The fraction of sp³-hybridized carbons (Fsp3) is 0.250. The molecule has 5 heteroatoms. The Morgan fingerprint density at radius 3 is 2.81 bits per heavy atom. The van der Waals surface area contributed by atoms with Gasteiger partial charge in [-0.15, -0.1) is 0 Å². The molecular formula is C16H16N2O2S. The van der Waals surface area contributed by atoms with Crippen molar-refractivity contribution in [1.29, 1.82) is 0 Å². The standard InChI is InChI=1S/C16H16N2O2S/c1-16(2)8-10-4-3-5-13(14(10)20-16)19-11-6-7-12(15(17)21)18-9-11/h3-7,9H,8H2,1-2H3,(H2,17,21). The molecule has 0 bridgehead atoms. The Morgan fingerprint density at radius 2 is 2.14 bits per heavy atom. The maximum atomic E-state index is 5.97. The fourth-order valence-electron chi connectivity index (χ4n) is 2.38. The molecule has 21 heavy (non-hydrogen) atoms. The van der Waals surface area contributed by atoms with Crippen molar-refractivity contribution < 1.29 is 9.47 Å². The summed E-state index contributed by atoms with van der Waals surface area (Å²) in [6.45, 7) is 4.13. The molecule has 2 heterocycles. The van der Waals surface area contributed by atoms with Gasteiger partial charge in [-0.2, -0.15) is 0 Å². The van der Waals surface area contributed by atoms with Crippen LogP contribution in [0.25, 0.3) is 0 Å². The molecule has 0 saturated carbocycles. The third-order valence-electron chi connectivity index (χ3n) is 3.27. The quantitative estimate of drug-likeness (QED) is 0.882. The number of aromatic nitrogens is 1. The van der Waals surface area contributed by atoms with Gasteiger partial charge in [0.05, 0.1) is 11.9 Å². The van der Waals surface area contributed by atoms with E-state index in [1.165, 1.54) is 0 Å². The number of hydrogen-bond donors (Lipinski definition) is 1. The molecule has 0 radical (unpaired) electrons. The zero-order chi connectivity index (χ0) is 15.0. The van der Waals surface area contributed by atoms with E-state index in [-0.39, 0.29) is 10.6 Å². The Hall–Kier alpha value is -2.14. The van der Waals surface area contributed by atoms with Crippen LogP contribution in [0, 0.1) is 0 Å². The summed E-state index contributed by atoms with van der Waals surface area (Å²) in [5.41, 5.74) is 7.06. The average Bonchev–Trinajstić information content (AvgIpc) is 2.74. The van der Waals surface area contributed by atoms with E-state index in [2.05, 4.69) is 24.9 Å². The number of thiocarbonyl (C=S) groups is 1. The van der Waals surface area contributed by atoms with E-state index in [9.17, 15) is 0 Å². The predicted molar refractivity (Wildman–Crippen MR) is 85.1 cm³/mol. The highest BCUT2D eigenvalue weighted by atomic mass is 32.1. The number of hydrogen-bond acceptors (Lipinski definition) is 4. The monoisotopic (exact) mass is 300 g/mol. The number of nitrogens with two attached hydrogens (primary N) is 1. The Balaban J connectivity index is 1.87. The van der Waals surface area contributed by atoms with Gasteiger partial charge in [-0.3, -0.25) is 0 Å². The molecule has 1 aromatic heterocycles. The van der Waals surface area contributed by atoms with Crippen molar-refractivity contribution in [3.8, 4) is 17.2 Å². The number of fused-ring (bicyclic) bond motifs is 1. The molecule has 2 aromatic rings. The Labute approximate surface area is 128 Å². The molecule has 1 aromatic carbocycles. The lowest BCUT2D eigenvalue weighted by molar-refractivity contribution is 0.135. The highest BCUT2D eigenvalue weighted by Crippen LogP contribution is 2.43. The van der Waals surface area contributed by atoms with Crippen molar-refractivity contribution in [3.63, 3.8) is 0 Å². The molecule has 0 fully saturated rings. The van der Waals surface area contributed by atoms with Crippen LogP contribution >= 0.6 is 12.2 Å². The third kappa shape index (κ3) is 2.83. The lowest BCUT2D eigenvalue weighted by atomic mass is 10.0. The lowest BCUT2D eigenvalue weighted by Gasteiger charge is -2.18. The van der Waals surface area contributed by atoms with Gasteiger partial charge in [0.1, 0.15) is 16.3 Å². The van der Waals surface area contributed by atoms with E-state index < -0.39 is 0 Å². The first kappa shape index (κ1) is 13.8. The molecule has 3 rings (SSSR count). The average molecular weight is 300 g/mol. The van der Waals surface area contributed by atoms with Crippen LogP contribution in [0.3, 0.4) is 0 Å². The number of benzene rings is 1. The zero-order valence-electron chi connectivity index (χ0n) is 11.9. The summed E-state index contributed by atoms with van der Waals surface area (Å²) < 4.78 is 11.9. The van der Waals surface area contributed by atoms with Crippen molar-refractivity contribution in [3.05, 3.63) is 47.8 Å². The second-order valence-corrected chi connectivity index (χ2v) is 6.07. The van der Waals surface area contributed by atoms with E-state index >= 15 is 0 Å². The molecular weight excluding hydrogens is 284 g/mol. The van der Waals surface area contributed by atoms with Gasteiger partial charge in [-0.05, 0) is 32.0 Å². The van der Waals surface area contributed by atoms with Crippen molar-refractivity contribution in [1.82, 2.24) is 4.98 Å². The van der Waals surface area contributed by atoms with Crippen LogP contribution in [-0.2, 0) is 6.42 Å². The van der Waals surface area contributed by atoms with Gasteiger partial charge < -0.3 is 15.2 Å². The molecule has 0 saturated heterocycles. The zero-order valence-corrected chi connectivity index (χ0v) is 12.7. The molecule has 108 valence electrons. The second-order valence-electron chi connectivity index (χ2n) is 5.63. The Kier molecular flexibility index (Phi) is 3.29. The molecule has 0 amide bonds. The minimum Gasteiger partial charge on any atom is -0.483 e. The number of para-hydroxylation sites is 1. The maximum Gasteiger partial charge on any atom is 0.169 e. The van der Waals surface area contributed by atoms with Crippen molar-refractivity contribution in [2.45, 2.75) is 25.9 Å². The lowest BCUT2D eigenvalue weighted by Crippen LogP contribution is -2.24. The van der Waals surface area contributed by atoms with E-state index in [1.54, 1.807) is 18.3 Å². The van der Waals surface area contributed by atoms with Crippen molar-refractivity contribution >= 4 is 17.2 Å². The minimum absolute atomic E-state index is 0.199. The number of nitrogens with zero attached hydrogens (tertiary/aromatic N) is 1. The summed E-state index contributed by atoms with van der Waals surface area (Å²) in [6, 6.07) is 9.45. The van der Waals surface area contributed by atoms with Gasteiger partial charge >= 0.3 is 0 Å². The van der Waals surface area contributed by atoms with Gasteiger partial charge in [0.15, 0.2) is 11.5 Å². The first-order valence-corrected chi connectivity index (χ1v) is 7.10. The van der Waals surface area contributed by atoms with Crippen LogP contribution in [-0.4, -0.2) is 15.6 Å². The second kappa shape index (κ2) is 5.00. The van der Waals surface area contributed by atoms with E-state index in [1.807, 2.05) is 12.1 Å². The summed E-state index contributed by atoms with van der Waals surface area (Å²) >= 11 is 4.88. The number of rotatable bonds is 3. The molecule has 0 spiro atoms. The molecule has 0 aliphatic carbocycles. The topological polar surface area (TPSA) is 57.4 Å². The van der Waals surface area contributed by atoms with Crippen LogP contribution in [0.4, 0.5) is 0 Å². The largest absolute Gasteiger partial charge is 0.483 e. The summed E-state index contributed by atoms with van der Waals surface area (Å²) in [7, 11) is 0. The molecule has 1 aliphatic heterocycles. The summed E-state index contributed by atoms with van der Waals surface area (Å²) in [4.78, 5) is 4.44. The molecule has 0 unspecified atom stereocenters. The highest BCUT2D eigenvalue weighted by Gasteiger charge is 2.32. The summed E-state index contributed by atoms with van der Waals surface area (Å²) in [5, 5.41) is 0. The van der Waals surface area contributed by atoms with Crippen LogP contribution in [0.2, 0.25) is 0 Å². The van der Waals surface area contributed by atoms with Gasteiger partial charge in [0.2, 0.25) is 0 Å².